The van der Waals surface area contributed by atoms with Crippen molar-refractivity contribution >= 4 is 5.91 Å². The van der Waals surface area contributed by atoms with Gasteiger partial charge in [-0.3, -0.25) is 9.89 Å². The Hall–Kier alpha value is -2.89. The lowest BCUT2D eigenvalue weighted by molar-refractivity contribution is 0.0692. The summed E-state index contributed by atoms with van der Waals surface area (Å²) in [4.78, 5) is 19.3. The Bertz CT molecular complexity index is 931. The standard InChI is InChI=1S/C23H28N4O2/c1-2-3-11-19-14-21(26-25-19)23(28)27-12-7-10-18(16-27)22-24-15-20(29-22)13-17-8-5-4-6-9-17/h4-6,8-9,14-15,18H,2-3,7,10-13,16H2,1H3,(H,25,26)/t18-/m0/s1. The van der Waals surface area contributed by atoms with E-state index in [0.29, 0.717) is 12.2 Å². The van der Waals surface area contributed by atoms with Crippen LogP contribution in [-0.4, -0.2) is 39.1 Å². The van der Waals surface area contributed by atoms with Crippen molar-refractivity contribution in [2.45, 2.75) is 51.4 Å². The molecular formula is C23H28N4O2. The highest BCUT2D eigenvalue weighted by Crippen LogP contribution is 2.28. The summed E-state index contributed by atoms with van der Waals surface area (Å²) in [6, 6.07) is 12.1. The van der Waals surface area contributed by atoms with Crippen LogP contribution < -0.4 is 0 Å². The number of oxazole rings is 1. The minimum atomic E-state index is -0.00948. The number of carbonyl (C=O) groups excluding carboxylic acids is 1. The van der Waals surface area contributed by atoms with E-state index in [0.717, 1.165) is 62.4 Å². The van der Waals surface area contributed by atoms with E-state index in [9.17, 15) is 4.79 Å². The van der Waals surface area contributed by atoms with Gasteiger partial charge in [0.2, 0.25) is 0 Å². The van der Waals surface area contributed by atoms with Gasteiger partial charge in [0.15, 0.2) is 5.89 Å². The van der Waals surface area contributed by atoms with Crippen LogP contribution in [0.4, 0.5) is 0 Å². The fraction of sp³-hybridized carbons (Fsp3) is 0.435. The first-order valence-electron chi connectivity index (χ1n) is 10.5. The molecule has 1 atom stereocenters. The Kier molecular flexibility index (Phi) is 6.08. The maximum Gasteiger partial charge on any atom is 0.274 e. The van der Waals surface area contributed by atoms with Crippen molar-refractivity contribution < 1.29 is 9.21 Å². The van der Waals surface area contributed by atoms with E-state index in [1.54, 1.807) is 0 Å². The summed E-state index contributed by atoms with van der Waals surface area (Å²) in [5, 5.41) is 7.24. The molecule has 6 heteroatoms. The lowest BCUT2D eigenvalue weighted by Gasteiger charge is -2.30. The number of nitrogens with zero attached hydrogens (tertiary/aromatic N) is 3. The van der Waals surface area contributed by atoms with Gasteiger partial charge in [-0.2, -0.15) is 5.10 Å². The second kappa shape index (κ2) is 9.07. The summed E-state index contributed by atoms with van der Waals surface area (Å²) in [6.45, 7) is 3.54. The van der Waals surface area contributed by atoms with Crippen LogP contribution >= 0.6 is 0 Å². The molecule has 4 rings (SSSR count). The zero-order chi connectivity index (χ0) is 20.1. The van der Waals surface area contributed by atoms with Gasteiger partial charge < -0.3 is 9.32 Å². The first-order chi connectivity index (χ1) is 14.2. The van der Waals surface area contributed by atoms with Crippen molar-refractivity contribution in [1.29, 1.82) is 0 Å². The molecule has 1 fully saturated rings. The van der Waals surface area contributed by atoms with Crippen LogP contribution in [0.2, 0.25) is 0 Å². The van der Waals surface area contributed by atoms with Crippen molar-refractivity contribution in [3.8, 4) is 0 Å². The molecule has 2 aromatic heterocycles. The number of piperidine rings is 1. The Labute approximate surface area is 171 Å². The Morgan fingerprint density at radius 1 is 1.31 bits per heavy atom. The molecule has 1 amide bonds. The first-order valence-corrected chi connectivity index (χ1v) is 10.5. The minimum Gasteiger partial charge on any atom is -0.445 e. The van der Waals surface area contributed by atoms with Crippen molar-refractivity contribution in [2.24, 2.45) is 0 Å². The number of amides is 1. The van der Waals surface area contributed by atoms with Gasteiger partial charge in [0.25, 0.3) is 5.91 Å². The number of carbonyl (C=O) groups is 1. The van der Waals surface area contributed by atoms with Crippen LogP contribution in [0.3, 0.4) is 0 Å². The number of hydrogen-bond acceptors (Lipinski definition) is 4. The smallest absolute Gasteiger partial charge is 0.274 e. The number of benzene rings is 1. The Morgan fingerprint density at radius 3 is 3.00 bits per heavy atom. The van der Waals surface area contributed by atoms with Crippen molar-refractivity contribution in [3.63, 3.8) is 0 Å². The molecule has 0 unspecified atom stereocenters. The quantitative estimate of drug-likeness (QED) is 0.649. The van der Waals surface area contributed by atoms with Crippen molar-refractivity contribution in [3.05, 3.63) is 71.2 Å². The van der Waals surface area contributed by atoms with E-state index in [-0.39, 0.29) is 11.8 Å². The van der Waals surface area contributed by atoms with E-state index >= 15 is 0 Å². The molecule has 1 N–H and O–H groups in total. The third kappa shape index (κ3) is 4.75. The van der Waals surface area contributed by atoms with Crippen LogP contribution in [0.1, 0.15) is 71.9 Å². The molecule has 0 spiro atoms. The summed E-state index contributed by atoms with van der Waals surface area (Å²) in [5.41, 5.74) is 2.74. The number of nitrogens with one attached hydrogen (secondary N) is 1. The van der Waals surface area contributed by atoms with E-state index in [1.165, 1.54) is 5.56 Å². The van der Waals surface area contributed by atoms with Crippen molar-refractivity contribution in [2.75, 3.05) is 13.1 Å². The second-order valence-corrected chi connectivity index (χ2v) is 7.80. The van der Waals surface area contributed by atoms with Gasteiger partial charge in [0.05, 0.1) is 12.1 Å². The SMILES string of the molecule is CCCCc1cc(C(=O)N2CCC[C@H](c3ncc(Cc4ccccc4)o3)C2)n[nH]1. The fourth-order valence-corrected chi connectivity index (χ4v) is 3.88. The lowest BCUT2D eigenvalue weighted by atomic mass is 9.97. The largest absolute Gasteiger partial charge is 0.445 e. The van der Waals surface area contributed by atoms with Gasteiger partial charge in [0.1, 0.15) is 11.5 Å². The number of aryl methyl sites for hydroxylation is 1. The molecule has 1 aromatic carbocycles. The molecule has 3 heterocycles. The van der Waals surface area contributed by atoms with Crippen molar-refractivity contribution in [1.82, 2.24) is 20.1 Å². The van der Waals surface area contributed by atoms with Gasteiger partial charge in [-0.15, -0.1) is 0 Å². The van der Waals surface area contributed by atoms with Crippen LogP contribution in [0.5, 0.6) is 0 Å². The summed E-state index contributed by atoms with van der Waals surface area (Å²) >= 11 is 0. The fourth-order valence-electron chi connectivity index (χ4n) is 3.88. The average molecular weight is 393 g/mol. The van der Waals surface area contributed by atoms with Gasteiger partial charge in [-0.1, -0.05) is 43.7 Å². The van der Waals surface area contributed by atoms with Gasteiger partial charge in [-0.25, -0.2) is 4.98 Å². The molecule has 6 nitrogen and oxygen atoms in total. The lowest BCUT2D eigenvalue weighted by Crippen LogP contribution is -2.39. The topological polar surface area (TPSA) is 75.0 Å². The minimum absolute atomic E-state index is 0.00948. The van der Waals surface area contributed by atoms with Gasteiger partial charge in [-0.05, 0) is 37.3 Å². The maximum atomic E-state index is 12.9. The molecule has 0 aliphatic carbocycles. The molecule has 0 saturated carbocycles. The summed E-state index contributed by atoms with van der Waals surface area (Å²) in [5.74, 6) is 1.72. The molecule has 0 radical (unpaired) electrons. The van der Waals surface area contributed by atoms with Gasteiger partial charge in [0, 0.05) is 25.2 Å². The monoisotopic (exact) mass is 392 g/mol. The molecule has 1 aliphatic heterocycles. The molecule has 29 heavy (non-hydrogen) atoms. The molecule has 1 aliphatic rings. The predicted molar refractivity (Wildman–Crippen MR) is 111 cm³/mol. The zero-order valence-corrected chi connectivity index (χ0v) is 16.9. The average Bonchev–Trinajstić information content (AvgIpc) is 3.42. The Balaban J connectivity index is 1.39. The molecule has 0 bridgehead atoms. The molecule has 3 aromatic rings. The summed E-state index contributed by atoms with van der Waals surface area (Å²) in [7, 11) is 0. The third-order valence-corrected chi connectivity index (χ3v) is 5.50. The number of aromatic nitrogens is 3. The van der Waals surface area contributed by atoms with Crippen LogP contribution in [0.15, 0.2) is 47.0 Å². The highest BCUT2D eigenvalue weighted by Gasteiger charge is 2.29. The highest BCUT2D eigenvalue weighted by atomic mass is 16.4. The summed E-state index contributed by atoms with van der Waals surface area (Å²) < 4.78 is 6.04. The Morgan fingerprint density at radius 2 is 2.17 bits per heavy atom. The van der Waals surface area contributed by atoms with Gasteiger partial charge >= 0.3 is 0 Å². The van der Waals surface area contributed by atoms with Crippen LogP contribution in [0.25, 0.3) is 0 Å². The number of likely N-dealkylation sites (tertiary alicyclic amines) is 1. The predicted octanol–water partition coefficient (Wildman–Crippen LogP) is 4.35. The number of rotatable bonds is 7. The number of H-pyrrole nitrogens is 1. The van der Waals surface area contributed by atoms with E-state index in [2.05, 4.69) is 34.2 Å². The van der Waals surface area contributed by atoms with E-state index in [1.807, 2.05) is 35.4 Å². The highest BCUT2D eigenvalue weighted by molar-refractivity contribution is 5.92. The molecular weight excluding hydrogens is 364 g/mol. The normalized spacial score (nSPS) is 16.9. The summed E-state index contributed by atoms with van der Waals surface area (Å²) in [6.07, 6.45) is 7.63. The van der Waals surface area contributed by atoms with E-state index < -0.39 is 0 Å². The maximum absolute atomic E-state index is 12.9. The third-order valence-electron chi connectivity index (χ3n) is 5.50. The molecule has 1 saturated heterocycles. The number of aromatic amines is 1. The van der Waals surface area contributed by atoms with Crippen LogP contribution in [0, 0.1) is 0 Å². The second-order valence-electron chi connectivity index (χ2n) is 7.80. The first kappa shape index (κ1) is 19.4. The number of hydrogen-bond donors (Lipinski definition) is 1. The number of unbranched alkanes of at least 4 members (excludes halogenated alkanes) is 1. The van der Waals surface area contributed by atoms with E-state index in [4.69, 9.17) is 4.42 Å². The molecule has 152 valence electrons. The van der Waals surface area contributed by atoms with Crippen LogP contribution in [-0.2, 0) is 12.8 Å². The zero-order valence-electron chi connectivity index (χ0n) is 16.9.